The molecule has 0 spiro atoms. The second kappa shape index (κ2) is 9.51. The Kier molecular flexibility index (Phi) is 7.36. The van der Waals surface area contributed by atoms with Crippen molar-refractivity contribution < 1.29 is 9.53 Å². The molecule has 2 aromatic carbocycles. The van der Waals surface area contributed by atoms with Crippen LogP contribution < -0.4 is 0 Å². The lowest BCUT2D eigenvalue weighted by atomic mass is 9.96. The molecule has 0 aromatic heterocycles. The van der Waals surface area contributed by atoms with Gasteiger partial charge in [0.2, 0.25) is 0 Å². The van der Waals surface area contributed by atoms with E-state index >= 15 is 0 Å². The summed E-state index contributed by atoms with van der Waals surface area (Å²) in [6.45, 7) is 2.23. The van der Waals surface area contributed by atoms with E-state index in [2.05, 4.69) is 6.08 Å². The molecule has 0 saturated carbocycles. The summed E-state index contributed by atoms with van der Waals surface area (Å²) in [5.74, 6) is -0.159. The van der Waals surface area contributed by atoms with Gasteiger partial charge in [0.1, 0.15) is 0 Å². The fourth-order valence-electron chi connectivity index (χ4n) is 2.44. The predicted octanol–water partition coefficient (Wildman–Crippen LogP) is 6.16. The van der Waals surface area contributed by atoms with E-state index < -0.39 is 0 Å². The summed E-state index contributed by atoms with van der Waals surface area (Å²) in [6.07, 6.45) is 4.00. The van der Waals surface area contributed by atoms with Crippen molar-refractivity contribution in [2.24, 2.45) is 0 Å². The lowest BCUT2D eigenvalue weighted by Crippen LogP contribution is -2.02. The quantitative estimate of drug-likeness (QED) is 0.435. The molecule has 0 bridgehead atoms. The Bertz CT molecular complexity index is 709. The van der Waals surface area contributed by atoms with Gasteiger partial charge in [-0.15, -0.1) is 0 Å². The summed E-state index contributed by atoms with van der Waals surface area (Å²) < 4.78 is 4.95. The van der Waals surface area contributed by atoms with Gasteiger partial charge in [-0.05, 0) is 37.0 Å². The average molecular weight is 363 g/mol. The monoisotopic (exact) mass is 362 g/mol. The van der Waals surface area contributed by atoms with Crippen LogP contribution in [0.5, 0.6) is 0 Å². The number of esters is 1. The van der Waals surface area contributed by atoms with Crippen LogP contribution in [0, 0.1) is 0 Å². The first-order valence-electron chi connectivity index (χ1n) is 7.99. The smallest absolute Gasteiger partial charge is 0.305 e. The van der Waals surface area contributed by atoms with Crippen molar-refractivity contribution in [2.75, 3.05) is 6.61 Å². The van der Waals surface area contributed by atoms with Gasteiger partial charge >= 0.3 is 5.97 Å². The lowest BCUT2D eigenvalue weighted by molar-refractivity contribution is -0.143. The van der Waals surface area contributed by atoms with E-state index in [1.165, 1.54) is 0 Å². The highest BCUT2D eigenvalue weighted by Gasteiger charge is 2.11. The number of carbonyl (C=O) groups is 1. The number of ether oxygens (including phenoxy) is 1. The molecule has 0 fully saturated rings. The van der Waals surface area contributed by atoms with Crippen LogP contribution >= 0.6 is 23.2 Å². The fourth-order valence-corrected chi connectivity index (χ4v) is 2.84. The third-order valence-corrected chi connectivity index (χ3v) is 4.38. The van der Waals surface area contributed by atoms with Crippen molar-refractivity contribution >= 4 is 34.7 Å². The number of rotatable bonds is 7. The van der Waals surface area contributed by atoms with E-state index in [1.807, 2.05) is 49.4 Å². The summed E-state index contributed by atoms with van der Waals surface area (Å²) in [5.41, 5.74) is 2.98. The van der Waals surface area contributed by atoms with Crippen LogP contribution in [0.4, 0.5) is 0 Å². The third-order valence-electron chi connectivity index (χ3n) is 3.57. The number of hydrogen-bond donors (Lipinski definition) is 0. The number of halogens is 2. The van der Waals surface area contributed by atoms with Crippen molar-refractivity contribution in [2.45, 2.75) is 26.2 Å². The molecule has 0 N–H and O–H groups in total. The van der Waals surface area contributed by atoms with Crippen LogP contribution in [-0.2, 0) is 9.53 Å². The molecule has 0 amide bonds. The average Bonchev–Trinajstić information content (AvgIpc) is 2.59. The van der Waals surface area contributed by atoms with Gasteiger partial charge < -0.3 is 4.74 Å². The zero-order valence-electron chi connectivity index (χ0n) is 13.6. The number of allylic oxidation sites excluding steroid dienone is 1. The molecule has 0 aliphatic rings. The van der Waals surface area contributed by atoms with E-state index in [-0.39, 0.29) is 5.97 Å². The zero-order valence-corrected chi connectivity index (χ0v) is 15.1. The van der Waals surface area contributed by atoms with Crippen LogP contribution in [0.25, 0.3) is 5.57 Å². The van der Waals surface area contributed by atoms with E-state index in [4.69, 9.17) is 27.9 Å². The molecule has 24 heavy (non-hydrogen) atoms. The molecular formula is C20H20Cl2O2. The zero-order chi connectivity index (χ0) is 17.4. The second-order valence-electron chi connectivity index (χ2n) is 5.28. The highest BCUT2D eigenvalue weighted by molar-refractivity contribution is 6.43. The Morgan fingerprint density at radius 3 is 2.54 bits per heavy atom. The van der Waals surface area contributed by atoms with Gasteiger partial charge in [0, 0.05) is 12.0 Å². The Morgan fingerprint density at radius 2 is 1.83 bits per heavy atom. The number of carbonyl (C=O) groups excluding carboxylic acids is 1. The predicted molar refractivity (Wildman–Crippen MR) is 100 cm³/mol. The minimum atomic E-state index is -0.159. The molecule has 0 heterocycles. The first-order valence-corrected chi connectivity index (χ1v) is 8.74. The Balaban J connectivity index is 2.23. The molecule has 0 radical (unpaired) electrons. The SMILES string of the molecule is CCOC(=O)CCC/C=C(\c1ccccc1)c1cccc(Cl)c1Cl. The van der Waals surface area contributed by atoms with E-state index in [9.17, 15) is 4.79 Å². The Hall–Kier alpha value is -1.77. The first kappa shape index (κ1) is 18.6. The third kappa shape index (κ3) is 5.12. The molecule has 2 rings (SSSR count). The van der Waals surface area contributed by atoms with Gasteiger partial charge in [-0.2, -0.15) is 0 Å². The second-order valence-corrected chi connectivity index (χ2v) is 6.07. The molecule has 2 aromatic rings. The highest BCUT2D eigenvalue weighted by Crippen LogP contribution is 2.34. The van der Waals surface area contributed by atoms with Crippen molar-refractivity contribution in [3.63, 3.8) is 0 Å². The van der Waals surface area contributed by atoms with E-state index in [1.54, 1.807) is 6.07 Å². The molecule has 2 nitrogen and oxygen atoms in total. The van der Waals surface area contributed by atoms with Gasteiger partial charge in [0.15, 0.2) is 0 Å². The molecule has 4 heteroatoms. The van der Waals surface area contributed by atoms with Gasteiger partial charge in [-0.3, -0.25) is 4.79 Å². The number of benzene rings is 2. The van der Waals surface area contributed by atoms with Crippen molar-refractivity contribution in [3.8, 4) is 0 Å². The van der Waals surface area contributed by atoms with Gasteiger partial charge in [-0.25, -0.2) is 0 Å². The summed E-state index contributed by atoms with van der Waals surface area (Å²) in [4.78, 5) is 11.4. The molecular weight excluding hydrogens is 343 g/mol. The Labute approximate surface area is 153 Å². The molecule has 0 aliphatic heterocycles. The Morgan fingerprint density at radius 1 is 1.08 bits per heavy atom. The van der Waals surface area contributed by atoms with Gasteiger partial charge in [0.25, 0.3) is 0 Å². The summed E-state index contributed by atoms with van der Waals surface area (Å²) in [7, 11) is 0. The van der Waals surface area contributed by atoms with Gasteiger partial charge in [0.05, 0.1) is 16.7 Å². The molecule has 0 aliphatic carbocycles. The van der Waals surface area contributed by atoms with Crippen LogP contribution in [0.1, 0.15) is 37.3 Å². The lowest BCUT2D eigenvalue weighted by Gasteiger charge is -2.12. The standard InChI is InChI=1S/C20H20Cl2O2/c1-2-24-19(23)14-7-6-11-16(15-9-4-3-5-10-15)17-12-8-13-18(21)20(17)22/h3-5,8-13H,2,6-7,14H2,1H3/b16-11+. The minimum absolute atomic E-state index is 0.159. The van der Waals surface area contributed by atoms with Crippen LogP contribution in [0.2, 0.25) is 10.0 Å². The summed E-state index contributed by atoms with van der Waals surface area (Å²) >= 11 is 12.6. The first-order chi connectivity index (χ1) is 11.6. The maximum atomic E-state index is 11.4. The van der Waals surface area contributed by atoms with Crippen molar-refractivity contribution in [1.29, 1.82) is 0 Å². The van der Waals surface area contributed by atoms with E-state index in [0.29, 0.717) is 23.1 Å². The van der Waals surface area contributed by atoms with Crippen LogP contribution in [0.3, 0.4) is 0 Å². The molecule has 0 saturated heterocycles. The fraction of sp³-hybridized carbons (Fsp3) is 0.250. The van der Waals surface area contributed by atoms with E-state index in [0.717, 1.165) is 29.5 Å². The molecule has 0 unspecified atom stereocenters. The topological polar surface area (TPSA) is 26.3 Å². The van der Waals surface area contributed by atoms with Crippen molar-refractivity contribution in [1.82, 2.24) is 0 Å². The largest absolute Gasteiger partial charge is 0.466 e. The maximum absolute atomic E-state index is 11.4. The number of hydrogen-bond acceptors (Lipinski definition) is 2. The van der Waals surface area contributed by atoms with Gasteiger partial charge in [-0.1, -0.05) is 71.7 Å². The molecule has 0 atom stereocenters. The van der Waals surface area contributed by atoms with Crippen LogP contribution in [-0.4, -0.2) is 12.6 Å². The van der Waals surface area contributed by atoms with Crippen LogP contribution in [0.15, 0.2) is 54.6 Å². The van der Waals surface area contributed by atoms with Crippen molar-refractivity contribution in [3.05, 3.63) is 75.8 Å². The summed E-state index contributed by atoms with van der Waals surface area (Å²) in [6, 6.07) is 15.6. The minimum Gasteiger partial charge on any atom is -0.466 e. The summed E-state index contributed by atoms with van der Waals surface area (Å²) in [5, 5.41) is 1.07. The highest BCUT2D eigenvalue weighted by atomic mass is 35.5. The normalized spacial score (nSPS) is 11.4. The number of unbranched alkanes of at least 4 members (excludes halogenated alkanes) is 1. The maximum Gasteiger partial charge on any atom is 0.305 e. The molecule has 126 valence electrons.